The summed E-state index contributed by atoms with van der Waals surface area (Å²) in [7, 11) is 0. The number of piperidine rings is 1. The molecule has 3 heterocycles. The number of halogens is 2. The maximum absolute atomic E-state index is 14.2. The highest BCUT2D eigenvalue weighted by Gasteiger charge is 2.32. The molecule has 1 aromatic carbocycles. The summed E-state index contributed by atoms with van der Waals surface area (Å²) in [6, 6.07) is 5.79. The average Bonchev–Trinajstić information content (AvgIpc) is 3.42. The first kappa shape index (κ1) is 23.1. The van der Waals surface area contributed by atoms with E-state index in [0.29, 0.717) is 25.1 Å². The van der Waals surface area contributed by atoms with Crippen molar-refractivity contribution in [1.82, 2.24) is 9.97 Å². The lowest BCUT2D eigenvalue weighted by atomic mass is 10.0. The van der Waals surface area contributed by atoms with Crippen LogP contribution in [-0.4, -0.2) is 35.0 Å². The topological polar surface area (TPSA) is 134 Å². The minimum absolute atomic E-state index is 0.00306. The standard InChI is InChI=1S/C24H23F2N7OS/c25-15-4-1-5-16(26)18(15)24-32-20(22(29)35-24)23(34)31-17-10-30-19-12(9-27)6-7-14(19)21(17)33-8-2-3-13(28)11-33/h1,4-5,10,12-13H,2-3,6-8,11,28-29H2,(H,31,34). The van der Waals surface area contributed by atoms with Gasteiger partial charge in [0, 0.05) is 24.7 Å². The Morgan fingerprint density at radius 2 is 2.06 bits per heavy atom. The van der Waals surface area contributed by atoms with Crippen LogP contribution in [0.5, 0.6) is 0 Å². The molecule has 0 spiro atoms. The van der Waals surface area contributed by atoms with Crippen molar-refractivity contribution in [1.29, 1.82) is 5.26 Å². The lowest BCUT2D eigenvalue weighted by Gasteiger charge is -2.35. The number of nitrogens with one attached hydrogen (secondary N) is 1. The highest BCUT2D eigenvalue weighted by molar-refractivity contribution is 7.19. The van der Waals surface area contributed by atoms with Crippen LogP contribution in [0, 0.1) is 23.0 Å². The van der Waals surface area contributed by atoms with Gasteiger partial charge in [-0.3, -0.25) is 9.78 Å². The van der Waals surface area contributed by atoms with Gasteiger partial charge in [-0.15, -0.1) is 0 Å². The number of hydrogen-bond donors (Lipinski definition) is 3. The molecular formula is C24H23F2N7OS. The first-order chi connectivity index (χ1) is 16.9. The van der Waals surface area contributed by atoms with E-state index in [-0.39, 0.29) is 33.2 Å². The Morgan fingerprint density at radius 3 is 2.77 bits per heavy atom. The number of nitrogens with two attached hydrogens (primary N) is 2. The van der Waals surface area contributed by atoms with Crippen molar-refractivity contribution in [2.75, 3.05) is 29.0 Å². The Labute approximate surface area is 204 Å². The summed E-state index contributed by atoms with van der Waals surface area (Å²) < 4.78 is 28.5. The molecule has 5 rings (SSSR count). The van der Waals surface area contributed by atoms with Gasteiger partial charge in [0.05, 0.1) is 40.8 Å². The lowest BCUT2D eigenvalue weighted by molar-refractivity contribution is 0.102. The summed E-state index contributed by atoms with van der Waals surface area (Å²) in [6.07, 6.45) is 4.70. The van der Waals surface area contributed by atoms with Crippen molar-refractivity contribution in [3.63, 3.8) is 0 Å². The minimum atomic E-state index is -0.788. The summed E-state index contributed by atoms with van der Waals surface area (Å²) in [6.45, 7) is 1.38. The second-order valence-electron chi connectivity index (χ2n) is 8.74. The quantitative estimate of drug-likeness (QED) is 0.501. The number of nitrogen functional groups attached to an aromatic ring is 1. The maximum atomic E-state index is 14.2. The van der Waals surface area contributed by atoms with Gasteiger partial charge in [-0.1, -0.05) is 17.4 Å². The highest BCUT2D eigenvalue weighted by atomic mass is 32.1. The van der Waals surface area contributed by atoms with E-state index in [2.05, 4.69) is 26.3 Å². The van der Waals surface area contributed by atoms with Crippen molar-refractivity contribution < 1.29 is 13.6 Å². The molecule has 5 N–H and O–H groups in total. The van der Waals surface area contributed by atoms with E-state index in [9.17, 15) is 18.8 Å². The molecule has 3 aromatic rings. The molecule has 1 fully saturated rings. The van der Waals surface area contributed by atoms with Gasteiger partial charge >= 0.3 is 0 Å². The van der Waals surface area contributed by atoms with E-state index in [4.69, 9.17) is 11.5 Å². The van der Waals surface area contributed by atoms with Gasteiger partial charge in [-0.25, -0.2) is 13.8 Å². The Balaban J connectivity index is 1.51. The zero-order chi connectivity index (χ0) is 24.7. The summed E-state index contributed by atoms with van der Waals surface area (Å²) in [5.74, 6) is -2.48. The fourth-order valence-electron chi connectivity index (χ4n) is 4.81. The molecule has 2 atom stereocenters. The third-order valence-corrected chi connectivity index (χ3v) is 7.32. The first-order valence-corrected chi connectivity index (χ1v) is 12.1. The number of nitrogens with zero attached hydrogens (tertiary/aromatic N) is 4. The van der Waals surface area contributed by atoms with E-state index >= 15 is 0 Å². The lowest BCUT2D eigenvalue weighted by Crippen LogP contribution is -2.43. The van der Waals surface area contributed by atoms with Crippen LogP contribution in [0.15, 0.2) is 24.4 Å². The van der Waals surface area contributed by atoms with Crippen LogP contribution in [0.25, 0.3) is 10.6 Å². The van der Waals surface area contributed by atoms with Crippen LogP contribution < -0.4 is 21.7 Å². The molecule has 1 aliphatic heterocycles. The number of pyridine rings is 1. The number of carbonyl (C=O) groups excluding carboxylic acids is 1. The monoisotopic (exact) mass is 495 g/mol. The normalized spacial score (nSPS) is 19.3. The zero-order valence-corrected chi connectivity index (χ0v) is 19.5. The summed E-state index contributed by atoms with van der Waals surface area (Å²) in [4.78, 5) is 24.0. The fraction of sp³-hybridized carbons (Fsp3) is 0.333. The Bertz CT molecular complexity index is 1330. The Morgan fingerprint density at radius 1 is 1.29 bits per heavy atom. The molecule has 2 aromatic heterocycles. The van der Waals surface area contributed by atoms with Crippen LogP contribution in [0.3, 0.4) is 0 Å². The van der Waals surface area contributed by atoms with Crippen LogP contribution in [-0.2, 0) is 6.42 Å². The second kappa shape index (κ2) is 9.20. The predicted molar refractivity (Wildman–Crippen MR) is 130 cm³/mol. The Kier molecular flexibility index (Phi) is 6.08. The summed E-state index contributed by atoms with van der Waals surface area (Å²) >= 11 is 0.838. The SMILES string of the molecule is N#CC1CCc2c1ncc(NC(=O)c1nc(-c3c(F)cccc3F)sc1N)c2N1CCCC(N)C1. The number of hydrogen-bond acceptors (Lipinski definition) is 8. The Hall–Kier alpha value is -3.62. The predicted octanol–water partition coefficient (Wildman–Crippen LogP) is 3.80. The number of fused-ring (bicyclic) bond motifs is 1. The second-order valence-corrected chi connectivity index (χ2v) is 9.77. The van der Waals surface area contributed by atoms with Gasteiger partial charge in [0.25, 0.3) is 5.91 Å². The van der Waals surface area contributed by atoms with Gasteiger partial charge < -0.3 is 21.7 Å². The van der Waals surface area contributed by atoms with Gasteiger partial charge in [-0.05, 0) is 37.8 Å². The maximum Gasteiger partial charge on any atom is 0.277 e. The minimum Gasteiger partial charge on any atom is -0.389 e. The van der Waals surface area contributed by atoms with Gasteiger partial charge in [0.15, 0.2) is 5.69 Å². The molecule has 0 radical (unpaired) electrons. The van der Waals surface area contributed by atoms with Crippen molar-refractivity contribution in [2.45, 2.75) is 37.6 Å². The molecule has 0 saturated carbocycles. The van der Waals surface area contributed by atoms with E-state index in [1.165, 1.54) is 6.07 Å². The third-order valence-electron chi connectivity index (χ3n) is 6.42. The largest absolute Gasteiger partial charge is 0.389 e. The molecule has 8 nitrogen and oxygen atoms in total. The van der Waals surface area contributed by atoms with Gasteiger partial charge in [0.1, 0.15) is 21.6 Å². The summed E-state index contributed by atoms with van der Waals surface area (Å²) in [5.41, 5.74) is 14.7. The fourth-order valence-corrected chi connectivity index (χ4v) is 5.68. The van der Waals surface area contributed by atoms with E-state index in [1.807, 2.05) is 0 Å². The van der Waals surface area contributed by atoms with E-state index < -0.39 is 17.5 Å². The molecule has 11 heteroatoms. The van der Waals surface area contributed by atoms with Crippen LogP contribution >= 0.6 is 11.3 Å². The molecule has 180 valence electrons. The van der Waals surface area contributed by atoms with Crippen molar-refractivity contribution in [3.05, 3.63) is 53.0 Å². The van der Waals surface area contributed by atoms with Gasteiger partial charge in [-0.2, -0.15) is 5.26 Å². The average molecular weight is 496 g/mol. The molecule has 1 aliphatic carbocycles. The number of aromatic nitrogens is 2. The molecule has 2 aliphatic rings. The number of benzene rings is 1. The van der Waals surface area contributed by atoms with Crippen LogP contribution in [0.1, 0.15) is 46.9 Å². The molecule has 0 bridgehead atoms. The molecule has 35 heavy (non-hydrogen) atoms. The smallest absolute Gasteiger partial charge is 0.277 e. The van der Waals surface area contributed by atoms with Crippen molar-refractivity contribution >= 4 is 33.6 Å². The number of carbonyl (C=O) groups is 1. The number of amides is 1. The molecule has 2 unspecified atom stereocenters. The van der Waals surface area contributed by atoms with E-state index in [0.717, 1.165) is 59.8 Å². The molecule has 1 amide bonds. The number of rotatable bonds is 4. The number of anilines is 3. The van der Waals surface area contributed by atoms with Crippen molar-refractivity contribution in [2.24, 2.45) is 5.73 Å². The molecule has 1 saturated heterocycles. The van der Waals surface area contributed by atoms with Crippen LogP contribution in [0.2, 0.25) is 0 Å². The van der Waals surface area contributed by atoms with Crippen LogP contribution in [0.4, 0.5) is 25.2 Å². The van der Waals surface area contributed by atoms with E-state index in [1.54, 1.807) is 6.20 Å². The highest BCUT2D eigenvalue weighted by Crippen LogP contribution is 2.42. The van der Waals surface area contributed by atoms with Gasteiger partial charge in [0.2, 0.25) is 0 Å². The third kappa shape index (κ3) is 4.19. The number of nitriles is 1. The number of thiazole rings is 1. The van der Waals surface area contributed by atoms with Crippen molar-refractivity contribution in [3.8, 4) is 16.6 Å². The molecular weight excluding hydrogens is 472 g/mol. The zero-order valence-electron chi connectivity index (χ0n) is 18.7. The first-order valence-electron chi connectivity index (χ1n) is 11.3. The summed E-state index contributed by atoms with van der Waals surface area (Å²) in [5, 5.41) is 12.4.